The fraction of sp³-hybridized carbons (Fsp3) is 0.200. The summed E-state index contributed by atoms with van der Waals surface area (Å²) in [5.74, 6) is 0. The van der Waals surface area contributed by atoms with Gasteiger partial charge < -0.3 is 5.21 Å². The molecule has 0 aromatic carbocycles. The van der Waals surface area contributed by atoms with E-state index in [-0.39, 0.29) is 0 Å². The maximum absolute atomic E-state index is 8.33. The highest BCUT2D eigenvalue weighted by Gasteiger charge is 2.03. The highest BCUT2D eigenvalue weighted by molar-refractivity contribution is 7.08. The molecule has 1 unspecified atom stereocenters. The Morgan fingerprint density at radius 2 is 2.56 bits per heavy atom. The Kier molecular flexibility index (Phi) is 2.48. The molecule has 1 atom stereocenters. The van der Waals surface area contributed by atoms with Crippen LogP contribution in [0.25, 0.3) is 0 Å². The van der Waals surface area contributed by atoms with Crippen LogP contribution in [0.3, 0.4) is 0 Å². The Labute approximate surface area is 62.0 Å². The van der Waals surface area contributed by atoms with E-state index in [9.17, 15) is 0 Å². The Bertz CT molecular complexity index is 165. The van der Waals surface area contributed by atoms with Crippen molar-refractivity contribution in [1.82, 2.24) is 5.48 Å². The molecular weight excluding hydrogens is 158 g/mol. The van der Waals surface area contributed by atoms with Crippen LogP contribution < -0.4 is 5.48 Å². The minimum absolute atomic E-state index is 0.476. The average molecular weight is 164 g/mol. The summed E-state index contributed by atoms with van der Waals surface area (Å²) >= 11 is 7.13. The van der Waals surface area contributed by atoms with E-state index in [0.717, 1.165) is 5.56 Å². The summed E-state index contributed by atoms with van der Waals surface area (Å²) in [7, 11) is 0. The van der Waals surface area contributed by atoms with Crippen LogP contribution >= 0.6 is 22.9 Å². The summed E-state index contributed by atoms with van der Waals surface area (Å²) in [6.45, 7) is 0. The lowest BCUT2D eigenvalue weighted by atomic mass is 10.3. The summed E-state index contributed by atoms with van der Waals surface area (Å²) < 4.78 is 0. The zero-order valence-corrected chi connectivity index (χ0v) is 6.12. The van der Waals surface area contributed by atoms with Crippen molar-refractivity contribution in [3.05, 3.63) is 22.4 Å². The van der Waals surface area contributed by atoms with Crippen LogP contribution in [-0.4, -0.2) is 5.21 Å². The molecule has 0 fully saturated rings. The number of thiophene rings is 1. The Morgan fingerprint density at radius 3 is 3.00 bits per heavy atom. The monoisotopic (exact) mass is 163 g/mol. The molecule has 9 heavy (non-hydrogen) atoms. The third-order valence-corrected chi connectivity index (χ3v) is 2.00. The number of hydrogen-bond donors (Lipinski definition) is 2. The normalized spacial score (nSPS) is 13.6. The lowest BCUT2D eigenvalue weighted by Gasteiger charge is -2.01. The molecule has 50 valence electrons. The molecular formula is C5H6ClNOS. The summed E-state index contributed by atoms with van der Waals surface area (Å²) in [6, 6.07) is 1.85. The van der Waals surface area contributed by atoms with Crippen LogP contribution in [0.15, 0.2) is 16.8 Å². The van der Waals surface area contributed by atoms with Gasteiger partial charge in [-0.2, -0.15) is 16.8 Å². The fourth-order valence-electron chi connectivity index (χ4n) is 0.494. The van der Waals surface area contributed by atoms with Crippen LogP contribution in [0.5, 0.6) is 0 Å². The Hall–Kier alpha value is -0.0900. The highest BCUT2D eigenvalue weighted by Crippen LogP contribution is 2.18. The smallest absolute Gasteiger partial charge is 0.131 e. The SMILES string of the molecule is ONC(Cl)c1ccsc1. The van der Waals surface area contributed by atoms with Gasteiger partial charge in [0.15, 0.2) is 0 Å². The first kappa shape index (κ1) is 7.02. The third kappa shape index (κ3) is 1.66. The molecule has 0 amide bonds. The number of nitrogens with one attached hydrogen (secondary N) is 1. The van der Waals surface area contributed by atoms with Gasteiger partial charge in [0.1, 0.15) is 5.50 Å². The molecule has 0 radical (unpaired) electrons. The topological polar surface area (TPSA) is 32.3 Å². The van der Waals surface area contributed by atoms with Crippen molar-refractivity contribution < 1.29 is 5.21 Å². The molecule has 2 nitrogen and oxygen atoms in total. The van der Waals surface area contributed by atoms with E-state index in [1.165, 1.54) is 0 Å². The van der Waals surface area contributed by atoms with Crippen molar-refractivity contribution in [3.63, 3.8) is 0 Å². The van der Waals surface area contributed by atoms with Crippen LogP contribution in [0.1, 0.15) is 11.1 Å². The lowest BCUT2D eigenvalue weighted by Crippen LogP contribution is -2.09. The van der Waals surface area contributed by atoms with Gasteiger partial charge in [0.25, 0.3) is 0 Å². The minimum atomic E-state index is -0.476. The maximum Gasteiger partial charge on any atom is 0.131 e. The second-order valence-corrected chi connectivity index (χ2v) is 2.76. The first-order valence-corrected chi connectivity index (χ1v) is 3.78. The van der Waals surface area contributed by atoms with Crippen LogP contribution in [0, 0.1) is 0 Å². The second-order valence-electron chi connectivity index (χ2n) is 1.55. The summed E-state index contributed by atoms with van der Waals surface area (Å²) in [6.07, 6.45) is 0. The lowest BCUT2D eigenvalue weighted by molar-refractivity contribution is 0.155. The number of rotatable bonds is 2. The predicted molar refractivity (Wildman–Crippen MR) is 37.8 cm³/mol. The zero-order chi connectivity index (χ0) is 6.69. The standard InChI is InChI=1S/C5H6ClNOS/c6-5(7-8)4-1-2-9-3-4/h1-3,5,7-8H. The first-order chi connectivity index (χ1) is 4.34. The van der Waals surface area contributed by atoms with Crippen LogP contribution in [-0.2, 0) is 0 Å². The van der Waals surface area contributed by atoms with Crippen molar-refractivity contribution in [2.45, 2.75) is 5.50 Å². The van der Waals surface area contributed by atoms with Crippen molar-refractivity contribution in [2.24, 2.45) is 0 Å². The first-order valence-electron chi connectivity index (χ1n) is 2.40. The van der Waals surface area contributed by atoms with E-state index in [2.05, 4.69) is 0 Å². The minimum Gasteiger partial charge on any atom is -0.315 e. The molecule has 0 aliphatic rings. The van der Waals surface area contributed by atoms with Gasteiger partial charge in [-0.1, -0.05) is 11.6 Å². The van der Waals surface area contributed by atoms with Gasteiger partial charge in [0.05, 0.1) is 0 Å². The molecule has 4 heteroatoms. The molecule has 0 aliphatic carbocycles. The Balaban J connectivity index is 2.65. The van der Waals surface area contributed by atoms with Gasteiger partial charge >= 0.3 is 0 Å². The van der Waals surface area contributed by atoms with E-state index in [1.807, 2.05) is 22.3 Å². The fourth-order valence-corrected chi connectivity index (χ4v) is 1.39. The number of hydrogen-bond acceptors (Lipinski definition) is 3. The molecule has 0 aliphatic heterocycles. The largest absolute Gasteiger partial charge is 0.315 e. The highest BCUT2D eigenvalue weighted by atomic mass is 35.5. The van der Waals surface area contributed by atoms with Crippen LogP contribution in [0.4, 0.5) is 0 Å². The van der Waals surface area contributed by atoms with E-state index in [4.69, 9.17) is 16.8 Å². The molecule has 0 spiro atoms. The van der Waals surface area contributed by atoms with Gasteiger partial charge in [-0.15, -0.1) is 0 Å². The van der Waals surface area contributed by atoms with E-state index >= 15 is 0 Å². The second kappa shape index (κ2) is 3.17. The summed E-state index contributed by atoms with van der Waals surface area (Å²) in [5, 5.41) is 12.1. The van der Waals surface area contributed by atoms with Crippen molar-refractivity contribution in [3.8, 4) is 0 Å². The zero-order valence-electron chi connectivity index (χ0n) is 4.54. The molecule has 0 saturated heterocycles. The summed E-state index contributed by atoms with van der Waals surface area (Å²) in [5.41, 5.74) is 2.36. The number of alkyl halides is 1. The third-order valence-electron chi connectivity index (χ3n) is 0.949. The number of halogens is 1. The van der Waals surface area contributed by atoms with E-state index in [0.29, 0.717) is 0 Å². The Morgan fingerprint density at radius 1 is 1.78 bits per heavy atom. The van der Waals surface area contributed by atoms with Crippen molar-refractivity contribution in [1.29, 1.82) is 0 Å². The number of hydroxylamine groups is 1. The van der Waals surface area contributed by atoms with Crippen molar-refractivity contribution >= 4 is 22.9 Å². The average Bonchev–Trinajstić information content (AvgIpc) is 2.37. The maximum atomic E-state index is 8.33. The molecule has 1 aromatic heterocycles. The molecule has 1 rings (SSSR count). The van der Waals surface area contributed by atoms with Gasteiger partial charge in [0.2, 0.25) is 0 Å². The van der Waals surface area contributed by atoms with Crippen LogP contribution in [0.2, 0.25) is 0 Å². The predicted octanol–water partition coefficient (Wildman–Crippen LogP) is 1.96. The van der Waals surface area contributed by atoms with E-state index in [1.54, 1.807) is 11.3 Å². The van der Waals surface area contributed by atoms with Gasteiger partial charge in [0, 0.05) is 0 Å². The van der Waals surface area contributed by atoms with Crippen molar-refractivity contribution in [2.75, 3.05) is 0 Å². The van der Waals surface area contributed by atoms with Gasteiger partial charge in [-0.25, -0.2) is 0 Å². The van der Waals surface area contributed by atoms with Gasteiger partial charge in [-0.05, 0) is 22.4 Å². The molecule has 1 heterocycles. The van der Waals surface area contributed by atoms with Gasteiger partial charge in [-0.3, -0.25) is 0 Å². The molecule has 2 N–H and O–H groups in total. The molecule has 0 bridgehead atoms. The molecule has 0 saturated carbocycles. The summed E-state index contributed by atoms with van der Waals surface area (Å²) in [4.78, 5) is 0. The van der Waals surface area contributed by atoms with E-state index < -0.39 is 5.50 Å². The molecule has 1 aromatic rings. The quantitative estimate of drug-likeness (QED) is 0.397.